The molecule has 1 aromatic rings. The minimum absolute atomic E-state index is 0.0470. The number of rotatable bonds is 9. The van der Waals surface area contributed by atoms with E-state index in [0.29, 0.717) is 62.1 Å². The Morgan fingerprint density at radius 3 is 1.74 bits per heavy atom. The molecule has 2 fully saturated rings. The van der Waals surface area contributed by atoms with Crippen LogP contribution in [0, 0.1) is 0 Å². The van der Waals surface area contributed by atoms with Gasteiger partial charge >= 0.3 is 11.9 Å². The molecule has 0 aromatic heterocycles. The highest BCUT2D eigenvalue weighted by molar-refractivity contribution is 5.92. The van der Waals surface area contributed by atoms with Gasteiger partial charge in [0.25, 0.3) is 0 Å². The first-order valence-electron chi connectivity index (χ1n) is 12.1. The Labute approximate surface area is 221 Å². The monoisotopic (exact) mass is 533 g/mol. The summed E-state index contributed by atoms with van der Waals surface area (Å²) >= 11 is 0. The number of amides is 2. The minimum Gasteiger partial charge on any atom is -0.493 e. The van der Waals surface area contributed by atoms with Crippen molar-refractivity contribution in [2.75, 3.05) is 67.1 Å². The molecule has 2 aliphatic heterocycles. The number of ether oxygens (including phenoxy) is 3. The summed E-state index contributed by atoms with van der Waals surface area (Å²) in [6.07, 6.45) is 6.63. The van der Waals surface area contributed by atoms with Gasteiger partial charge in [0.15, 0.2) is 11.5 Å². The largest absolute Gasteiger partial charge is 0.493 e. The number of carboxylic acid groups (broad SMARTS) is 2. The maximum atomic E-state index is 12.6. The quantitative estimate of drug-likeness (QED) is 0.444. The van der Waals surface area contributed by atoms with Gasteiger partial charge in [0, 0.05) is 57.5 Å². The number of carbonyl (C=O) groups is 4. The minimum atomic E-state index is -1.26. The van der Waals surface area contributed by atoms with E-state index in [0.717, 1.165) is 31.5 Å². The predicted molar refractivity (Wildman–Crippen MR) is 138 cm³/mol. The molecule has 0 aliphatic carbocycles. The third-order valence-electron chi connectivity index (χ3n) is 5.98. The Morgan fingerprint density at radius 2 is 1.29 bits per heavy atom. The number of piperazine rings is 1. The van der Waals surface area contributed by atoms with Crippen molar-refractivity contribution in [3.63, 3.8) is 0 Å². The second-order valence-electron chi connectivity index (χ2n) is 8.49. The molecular weight excluding hydrogens is 498 g/mol. The van der Waals surface area contributed by atoms with Crippen LogP contribution >= 0.6 is 0 Å². The SMILES string of the molecule is COc1cc(/C=C/C(=O)N2CCN(CC(=O)N3CCCC3)CC2)cc(OC)c1OC.O=C(O)C=CC(=O)O. The van der Waals surface area contributed by atoms with Gasteiger partial charge in [0.1, 0.15) is 0 Å². The Morgan fingerprint density at radius 1 is 0.763 bits per heavy atom. The van der Waals surface area contributed by atoms with E-state index in [4.69, 9.17) is 24.4 Å². The van der Waals surface area contributed by atoms with Crippen LogP contribution in [0.1, 0.15) is 18.4 Å². The standard InChI is InChI=1S/C22H31N3O5.C4H4O4/c1-28-18-14-17(15-19(29-2)22(18)30-3)6-7-20(26)25-12-10-23(11-13-25)16-21(27)24-8-4-5-9-24;5-3(6)1-2-4(7)8/h6-7,14-15H,4-5,8-13,16H2,1-3H3;1-2H,(H,5,6)(H,7,8)/b7-6+;. The number of hydrogen-bond donors (Lipinski definition) is 2. The number of benzene rings is 1. The van der Waals surface area contributed by atoms with E-state index in [1.165, 1.54) is 0 Å². The Kier molecular flexibility index (Phi) is 12.1. The molecule has 3 rings (SSSR count). The van der Waals surface area contributed by atoms with E-state index in [-0.39, 0.29) is 11.8 Å². The van der Waals surface area contributed by atoms with E-state index in [1.54, 1.807) is 45.6 Å². The normalized spacial score (nSPS) is 15.8. The van der Waals surface area contributed by atoms with Gasteiger partial charge in [-0.25, -0.2) is 9.59 Å². The van der Waals surface area contributed by atoms with Gasteiger partial charge in [-0.15, -0.1) is 0 Å². The maximum Gasteiger partial charge on any atom is 0.328 e. The van der Waals surface area contributed by atoms with Gasteiger partial charge in [0.05, 0.1) is 27.9 Å². The Bertz CT molecular complexity index is 999. The molecule has 0 bridgehead atoms. The molecule has 0 unspecified atom stereocenters. The van der Waals surface area contributed by atoms with Gasteiger partial charge in [-0.05, 0) is 36.6 Å². The molecule has 2 N–H and O–H groups in total. The molecule has 2 aliphatic rings. The molecule has 2 heterocycles. The second kappa shape index (κ2) is 15.3. The van der Waals surface area contributed by atoms with Crippen molar-refractivity contribution in [3.8, 4) is 17.2 Å². The fourth-order valence-corrected chi connectivity index (χ4v) is 4.00. The van der Waals surface area contributed by atoms with Crippen molar-refractivity contribution in [2.45, 2.75) is 12.8 Å². The first-order chi connectivity index (χ1) is 18.2. The predicted octanol–water partition coefficient (Wildman–Crippen LogP) is 1.20. The zero-order valence-corrected chi connectivity index (χ0v) is 21.9. The Hall–Kier alpha value is -4.06. The van der Waals surface area contributed by atoms with Crippen molar-refractivity contribution in [3.05, 3.63) is 35.9 Å². The summed E-state index contributed by atoms with van der Waals surface area (Å²) in [5.74, 6) is -0.757. The van der Waals surface area contributed by atoms with Crippen LogP contribution in [0.2, 0.25) is 0 Å². The van der Waals surface area contributed by atoms with Gasteiger partial charge in [-0.2, -0.15) is 0 Å². The summed E-state index contributed by atoms with van der Waals surface area (Å²) in [5.41, 5.74) is 0.785. The van der Waals surface area contributed by atoms with Crippen LogP contribution in [-0.4, -0.2) is 116 Å². The van der Waals surface area contributed by atoms with Crippen molar-refractivity contribution >= 4 is 29.8 Å². The Balaban J connectivity index is 0.000000550. The molecular formula is C26H35N3O9. The number of carboxylic acids is 2. The molecule has 1 aromatic carbocycles. The lowest BCUT2D eigenvalue weighted by molar-refractivity contribution is -0.134. The third kappa shape index (κ3) is 9.43. The van der Waals surface area contributed by atoms with Gasteiger partial charge < -0.3 is 34.2 Å². The molecule has 0 atom stereocenters. The van der Waals surface area contributed by atoms with Crippen LogP contribution in [0.4, 0.5) is 0 Å². The number of nitrogens with zero attached hydrogens (tertiary/aromatic N) is 3. The van der Waals surface area contributed by atoms with Gasteiger partial charge in [-0.3, -0.25) is 14.5 Å². The van der Waals surface area contributed by atoms with Crippen molar-refractivity contribution < 1.29 is 43.6 Å². The molecule has 12 heteroatoms. The van der Waals surface area contributed by atoms with Crippen LogP contribution in [0.25, 0.3) is 6.08 Å². The summed E-state index contributed by atoms with van der Waals surface area (Å²) < 4.78 is 16.0. The van der Waals surface area contributed by atoms with Crippen LogP contribution in [0.5, 0.6) is 17.2 Å². The van der Waals surface area contributed by atoms with Crippen LogP contribution in [-0.2, 0) is 19.2 Å². The van der Waals surface area contributed by atoms with Crippen molar-refractivity contribution in [1.29, 1.82) is 0 Å². The van der Waals surface area contributed by atoms with Crippen LogP contribution in [0.3, 0.4) is 0 Å². The highest BCUT2D eigenvalue weighted by Crippen LogP contribution is 2.38. The first-order valence-corrected chi connectivity index (χ1v) is 12.1. The highest BCUT2D eigenvalue weighted by atomic mass is 16.5. The average molecular weight is 534 g/mol. The van der Waals surface area contributed by atoms with E-state index < -0.39 is 11.9 Å². The number of hydrogen-bond acceptors (Lipinski definition) is 8. The van der Waals surface area contributed by atoms with E-state index in [2.05, 4.69) is 4.90 Å². The zero-order chi connectivity index (χ0) is 28.1. The van der Waals surface area contributed by atoms with E-state index in [9.17, 15) is 19.2 Å². The molecule has 2 saturated heterocycles. The smallest absolute Gasteiger partial charge is 0.328 e. The number of likely N-dealkylation sites (tertiary alicyclic amines) is 1. The summed E-state index contributed by atoms with van der Waals surface area (Å²) in [6.45, 7) is 4.86. The molecule has 208 valence electrons. The zero-order valence-electron chi connectivity index (χ0n) is 21.9. The molecule has 2 amide bonds. The highest BCUT2D eigenvalue weighted by Gasteiger charge is 2.24. The second-order valence-corrected chi connectivity index (χ2v) is 8.49. The fraction of sp³-hybridized carbons (Fsp3) is 0.462. The number of methoxy groups -OCH3 is 3. The van der Waals surface area contributed by atoms with E-state index in [1.807, 2.05) is 9.80 Å². The maximum absolute atomic E-state index is 12.6. The fourth-order valence-electron chi connectivity index (χ4n) is 4.00. The molecule has 0 spiro atoms. The lowest BCUT2D eigenvalue weighted by Crippen LogP contribution is -2.51. The van der Waals surface area contributed by atoms with Crippen LogP contribution in [0.15, 0.2) is 30.4 Å². The number of aliphatic carboxylic acids is 2. The molecule has 38 heavy (non-hydrogen) atoms. The third-order valence-corrected chi connectivity index (χ3v) is 5.98. The number of carbonyl (C=O) groups excluding carboxylic acids is 2. The lowest BCUT2D eigenvalue weighted by atomic mass is 10.1. The summed E-state index contributed by atoms with van der Waals surface area (Å²) in [5, 5.41) is 15.6. The average Bonchev–Trinajstić information content (AvgIpc) is 3.46. The van der Waals surface area contributed by atoms with Crippen molar-refractivity contribution in [1.82, 2.24) is 14.7 Å². The summed E-state index contributed by atoms with van der Waals surface area (Å²) in [7, 11) is 4.67. The first kappa shape index (κ1) is 30.2. The van der Waals surface area contributed by atoms with E-state index >= 15 is 0 Å². The van der Waals surface area contributed by atoms with Crippen molar-refractivity contribution in [2.24, 2.45) is 0 Å². The summed E-state index contributed by atoms with van der Waals surface area (Å²) in [4.78, 5) is 49.9. The van der Waals surface area contributed by atoms with Crippen LogP contribution < -0.4 is 14.2 Å². The topological polar surface area (TPSA) is 146 Å². The van der Waals surface area contributed by atoms with Gasteiger partial charge in [0.2, 0.25) is 17.6 Å². The summed E-state index contributed by atoms with van der Waals surface area (Å²) in [6, 6.07) is 3.60. The lowest BCUT2D eigenvalue weighted by Gasteiger charge is -2.34. The molecule has 0 saturated carbocycles. The molecule has 0 radical (unpaired) electrons. The molecule has 12 nitrogen and oxygen atoms in total. The van der Waals surface area contributed by atoms with Gasteiger partial charge in [-0.1, -0.05) is 0 Å².